The maximum Gasteiger partial charge on any atom is 0.0791 e. The van der Waals surface area contributed by atoms with Crippen molar-refractivity contribution in [3.8, 4) is 0 Å². The fraction of sp³-hybridized carbons (Fsp3) is 0.647. The zero-order valence-electron chi connectivity index (χ0n) is 13.9. The van der Waals surface area contributed by atoms with Crippen molar-refractivity contribution in [1.29, 1.82) is 0 Å². The topological polar surface area (TPSA) is 38.7 Å². The summed E-state index contributed by atoms with van der Waals surface area (Å²) in [4.78, 5) is 4.45. The highest BCUT2D eigenvalue weighted by Gasteiger charge is 2.17. The molecule has 0 saturated heterocycles. The number of rotatable bonds is 10. The minimum atomic E-state index is -0.326. The number of nitrogens with one attached hydrogen (secondary N) is 1. The molecule has 4 heteroatoms. The SMILES string of the molecule is CCN(CC)C(CNCC(O)CN(C)C)c1ccccc1. The first-order valence-electron chi connectivity index (χ1n) is 7.90. The Morgan fingerprint density at radius 2 is 1.67 bits per heavy atom. The first kappa shape index (κ1) is 18.1. The molecule has 0 saturated carbocycles. The molecule has 0 radical (unpaired) electrons. The minimum Gasteiger partial charge on any atom is -0.390 e. The van der Waals surface area contributed by atoms with Crippen molar-refractivity contribution < 1.29 is 5.11 Å². The standard InChI is InChI=1S/C17H31N3O/c1-5-20(6-2)17(15-10-8-7-9-11-15)13-18-12-16(21)14-19(3)4/h7-11,16-18,21H,5-6,12-14H2,1-4H3. The summed E-state index contributed by atoms with van der Waals surface area (Å²) in [6.45, 7) is 8.61. The lowest BCUT2D eigenvalue weighted by Gasteiger charge is -2.31. The average molecular weight is 293 g/mol. The van der Waals surface area contributed by atoms with E-state index in [1.165, 1.54) is 5.56 Å². The fourth-order valence-corrected chi connectivity index (χ4v) is 2.67. The van der Waals surface area contributed by atoms with Gasteiger partial charge in [-0.2, -0.15) is 0 Å². The Labute approximate surface area is 129 Å². The molecule has 0 amide bonds. The lowest BCUT2D eigenvalue weighted by atomic mass is 10.0. The Balaban J connectivity index is 2.58. The number of benzene rings is 1. The Bertz CT molecular complexity index is 366. The second-order valence-electron chi connectivity index (χ2n) is 5.72. The van der Waals surface area contributed by atoms with Crippen molar-refractivity contribution in [1.82, 2.24) is 15.1 Å². The second kappa shape index (κ2) is 9.90. The van der Waals surface area contributed by atoms with E-state index in [1.807, 2.05) is 19.0 Å². The molecule has 0 spiro atoms. The molecule has 2 unspecified atom stereocenters. The molecule has 1 aromatic carbocycles. The van der Waals surface area contributed by atoms with E-state index in [1.54, 1.807) is 0 Å². The van der Waals surface area contributed by atoms with Crippen LogP contribution < -0.4 is 5.32 Å². The van der Waals surface area contributed by atoms with E-state index in [0.29, 0.717) is 19.1 Å². The van der Waals surface area contributed by atoms with Gasteiger partial charge in [-0.1, -0.05) is 44.2 Å². The summed E-state index contributed by atoms with van der Waals surface area (Å²) in [5.41, 5.74) is 1.33. The second-order valence-corrected chi connectivity index (χ2v) is 5.72. The van der Waals surface area contributed by atoms with Crippen molar-refractivity contribution in [2.45, 2.75) is 26.0 Å². The quantitative estimate of drug-likeness (QED) is 0.687. The van der Waals surface area contributed by atoms with E-state index < -0.39 is 0 Å². The smallest absolute Gasteiger partial charge is 0.0791 e. The number of aliphatic hydroxyl groups excluding tert-OH is 1. The first-order valence-corrected chi connectivity index (χ1v) is 7.90. The lowest BCUT2D eigenvalue weighted by Crippen LogP contribution is -2.40. The highest BCUT2D eigenvalue weighted by molar-refractivity contribution is 5.19. The molecule has 1 rings (SSSR count). The largest absolute Gasteiger partial charge is 0.390 e. The summed E-state index contributed by atoms with van der Waals surface area (Å²) in [5.74, 6) is 0. The van der Waals surface area contributed by atoms with Gasteiger partial charge >= 0.3 is 0 Å². The van der Waals surface area contributed by atoms with E-state index in [4.69, 9.17) is 0 Å². The molecular formula is C17H31N3O. The van der Waals surface area contributed by atoms with Gasteiger partial charge in [0.2, 0.25) is 0 Å². The highest BCUT2D eigenvalue weighted by Crippen LogP contribution is 2.19. The summed E-state index contributed by atoms with van der Waals surface area (Å²) in [6.07, 6.45) is -0.326. The van der Waals surface area contributed by atoms with Gasteiger partial charge in [-0.25, -0.2) is 0 Å². The van der Waals surface area contributed by atoms with Gasteiger partial charge in [0.15, 0.2) is 0 Å². The molecule has 2 N–H and O–H groups in total. The zero-order valence-corrected chi connectivity index (χ0v) is 13.9. The van der Waals surface area contributed by atoms with Gasteiger partial charge in [-0.05, 0) is 32.7 Å². The molecule has 4 nitrogen and oxygen atoms in total. The molecule has 0 heterocycles. The molecule has 0 fully saturated rings. The van der Waals surface area contributed by atoms with Crippen LogP contribution in [-0.4, -0.2) is 67.8 Å². The van der Waals surface area contributed by atoms with E-state index in [2.05, 4.69) is 54.4 Å². The molecule has 120 valence electrons. The normalized spacial score (nSPS) is 14.6. The summed E-state index contributed by atoms with van der Waals surface area (Å²) in [5, 5.41) is 13.4. The molecule has 2 atom stereocenters. The van der Waals surface area contributed by atoms with Crippen LogP contribution in [0, 0.1) is 0 Å². The molecule has 0 bridgehead atoms. The van der Waals surface area contributed by atoms with Crippen LogP contribution in [0.1, 0.15) is 25.5 Å². The number of likely N-dealkylation sites (N-methyl/N-ethyl adjacent to an activating group) is 2. The minimum absolute atomic E-state index is 0.326. The third-order valence-electron chi connectivity index (χ3n) is 3.73. The highest BCUT2D eigenvalue weighted by atomic mass is 16.3. The van der Waals surface area contributed by atoms with Crippen LogP contribution in [0.3, 0.4) is 0 Å². The van der Waals surface area contributed by atoms with Crippen LogP contribution in [0.2, 0.25) is 0 Å². The maximum atomic E-state index is 9.94. The summed E-state index contributed by atoms with van der Waals surface area (Å²) >= 11 is 0. The molecule has 0 aromatic heterocycles. The third-order valence-corrected chi connectivity index (χ3v) is 3.73. The summed E-state index contributed by atoms with van der Waals surface area (Å²) in [6, 6.07) is 10.9. The Kier molecular flexibility index (Phi) is 8.54. The number of aliphatic hydroxyl groups is 1. The van der Waals surface area contributed by atoms with Crippen molar-refractivity contribution in [3.63, 3.8) is 0 Å². The Morgan fingerprint density at radius 3 is 2.19 bits per heavy atom. The molecule has 1 aromatic rings. The predicted molar refractivity (Wildman–Crippen MR) is 89.5 cm³/mol. The monoisotopic (exact) mass is 293 g/mol. The number of nitrogens with zero attached hydrogens (tertiary/aromatic N) is 2. The molecule has 0 aliphatic heterocycles. The fourth-order valence-electron chi connectivity index (χ4n) is 2.67. The summed E-state index contributed by atoms with van der Waals surface area (Å²) in [7, 11) is 3.96. The van der Waals surface area contributed by atoms with Crippen molar-refractivity contribution >= 4 is 0 Å². The Morgan fingerprint density at radius 1 is 1.05 bits per heavy atom. The van der Waals surface area contributed by atoms with Gasteiger partial charge < -0.3 is 15.3 Å². The lowest BCUT2D eigenvalue weighted by molar-refractivity contribution is 0.129. The molecular weight excluding hydrogens is 262 g/mol. The maximum absolute atomic E-state index is 9.94. The van der Waals surface area contributed by atoms with Crippen molar-refractivity contribution in [3.05, 3.63) is 35.9 Å². The van der Waals surface area contributed by atoms with Gasteiger partial charge in [-0.15, -0.1) is 0 Å². The molecule has 21 heavy (non-hydrogen) atoms. The van der Waals surface area contributed by atoms with E-state index in [0.717, 1.165) is 19.6 Å². The van der Waals surface area contributed by atoms with E-state index in [-0.39, 0.29) is 6.10 Å². The number of hydrogen-bond donors (Lipinski definition) is 2. The first-order chi connectivity index (χ1) is 10.1. The van der Waals surface area contributed by atoms with Crippen LogP contribution in [-0.2, 0) is 0 Å². The van der Waals surface area contributed by atoms with Crippen molar-refractivity contribution in [2.75, 3.05) is 46.8 Å². The predicted octanol–water partition coefficient (Wildman–Crippen LogP) is 1.58. The van der Waals surface area contributed by atoms with Crippen LogP contribution >= 0.6 is 0 Å². The van der Waals surface area contributed by atoms with Gasteiger partial charge in [-0.3, -0.25) is 4.90 Å². The molecule has 0 aliphatic carbocycles. The Hall–Kier alpha value is -0.940. The van der Waals surface area contributed by atoms with Gasteiger partial charge in [0.05, 0.1) is 6.10 Å². The van der Waals surface area contributed by atoms with Gasteiger partial charge in [0, 0.05) is 25.7 Å². The van der Waals surface area contributed by atoms with Crippen LogP contribution in [0.25, 0.3) is 0 Å². The average Bonchev–Trinajstić information content (AvgIpc) is 2.47. The molecule has 0 aliphatic rings. The third kappa shape index (κ3) is 6.57. The van der Waals surface area contributed by atoms with Crippen molar-refractivity contribution in [2.24, 2.45) is 0 Å². The van der Waals surface area contributed by atoms with Crippen LogP contribution in [0.5, 0.6) is 0 Å². The van der Waals surface area contributed by atoms with Gasteiger partial charge in [0.25, 0.3) is 0 Å². The number of hydrogen-bond acceptors (Lipinski definition) is 4. The summed E-state index contributed by atoms with van der Waals surface area (Å²) < 4.78 is 0. The van der Waals surface area contributed by atoms with Crippen LogP contribution in [0.15, 0.2) is 30.3 Å². The van der Waals surface area contributed by atoms with E-state index >= 15 is 0 Å². The zero-order chi connectivity index (χ0) is 15.7. The van der Waals surface area contributed by atoms with Crippen LogP contribution in [0.4, 0.5) is 0 Å². The van der Waals surface area contributed by atoms with E-state index in [9.17, 15) is 5.11 Å². The van der Waals surface area contributed by atoms with Gasteiger partial charge in [0.1, 0.15) is 0 Å².